The molecule has 1 atom stereocenters. The summed E-state index contributed by atoms with van der Waals surface area (Å²) in [7, 11) is 0. The zero-order valence-corrected chi connectivity index (χ0v) is 16.3. The summed E-state index contributed by atoms with van der Waals surface area (Å²) in [4.78, 5) is 28.8. The molecule has 2 aromatic rings. The van der Waals surface area contributed by atoms with Crippen molar-refractivity contribution in [3.05, 3.63) is 88.1 Å². The minimum Gasteiger partial charge on any atom is -0.474 e. The van der Waals surface area contributed by atoms with Crippen LogP contribution in [0.5, 0.6) is 0 Å². The van der Waals surface area contributed by atoms with Crippen molar-refractivity contribution in [2.24, 2.45) is 4.99 Å². The van der Waals surface area contributed by atoms with Crippen molar-refractivity contribution >= 4 is 35.2 Å². The molecular weight excluding hydrogens is 392 g/mol. The van der Waals surface area contributed by atoms with Crippen LogP contribution in [0.3, 0.4) is 0 Å². The van der Waals surface area contributed by atoms with Crippen LogP contribution in [0.1, 0.15) is 17.1 Å². The van der Waals surface area contributed by atoms with Gasteiger partial charge in [-0.1, -0.05) is 23.7 Å². The molecule has 6 nitrogen and oxygen atoms in total. The SMILES string of the molecule is Cc1ccc(CNC(=O)C2=CC3=NC(=O)/C(=C/c4cccc(Cl)c4)OC3C=C2)o1. The highest BCUT2D eigenvalue weighted by Crippen LogP contribution is 2.23. The van der Waals surface area contributed by atoms with E-state index in [4.69, 9.17) is 20.8 Å². The number of amides is 2. The molecule has 1 aromatic carbocycles. The van der Waals surface area contributed by atoms with Crippen LogP contribution in [-0.2, 0) is 20.9 Å². The van der Waals surface area contributed by atoms with Crippen molar-refractivity contribution in [2.45, 2.75) is 19.6 Å². The lowest BCUT2D eigenvalue weighted by Gasteiger charge is -2.24. The van der Waals surface area contributed by atoms with Gasteiger partial charge in [0, 0.05) is 10.6 Å². The Bertz CT molecular complexity index is 1110. The van der Waals surface area contributed by atoms with Crippen LogP contribution >= 0.6 is 11.6 Å². The molecule has 0 fully saturated rings. The normalized spacial score (nSPS) is 19.3. The van der Waals surface area contributed by atoms with Gasteiger partial charge in [0.15, 0.2) is 11.9 Å². The van der Waals surface area contributed by atoms with Gasteiger partial charge in [-0.05, 0) is 61.1 Å². The maximum Gasteiger partial charge on any atom is 0.312 e. The van der Waals surface area contributed by atoms with Gasteiger partial charge in [-0.3, -0.25) is 9.59 Å². The lowest BCUT2D eigenvalue weighted by Crippen LogP contribution is -2.33. The highest BCUT2D eigenvalue weighted by atomic mass is 35.5. The number of rotatable bonds is 4. The van der Waals surface area contributed by atoms with Crippen molar-refractivity contribution in [1.82, 2.24) is 5.32 Å². The topological polar surface area (TPSA) is 80.9 Å². The van der Waals surface area contributed by atoms with Gasteiger partial charge in [0.05, 0.1) is 12.3 Å². The third kappa shape index (κ3) is 4.38. The minimum atomic E-state index is -0.526. The molecule has 0 saturated carbocycles. The molecule has 1 aliphatic carbocycles. The number of nitrogens with zero attached hydrogens (tertiary/aromatic N) is 1. The van der Waals surface area contributed by atoms with E-state index in [0.29, 0.717) is 22.1 Å². The molecule has 0 bridgehead atoms. The summed E-state index contributed by atoms with van der Waals surface area (Å²) in [5.41, 5.74) is 1.52. The van der Waals surface area contributed by atoms with Crippen molar-refractivity contribution < 1.29 is 18.7 Å². The van der Waals surface area contributed by atoms with E-state index in [1.54, 1.807) is 42.5 Å². The highest BCUT2D eigenvalue weighted by molar-refractivity contribution is 6.30. The molecule has 4 rings (SSSR count). The maximum absolute atomic E-state index is 12.4. The maximum atomic E-state index is 12.4. The number of carbonyl (C=O) groups excluding carboxylic acids is 2. The number of furan rings is 1. The Morgan fingerprint density at radius 2 is 2.17 bits per heavy atom. The number of hydrogen-bond acceptors (Lipinski definition) is 4. The van der Waals surface area contributed by atoms with Crippen LogP contribution in [-0.4, -0.2) is 23.6 Å². The molecule has 0 radical (unpaired) electrons. The Kier molecular flexibility index (Phi) is 5.18. The minimum absolute atomic E-state index is 0.125. The third-order valence-electron chi connectivity index (χ3n) is 4.37. The molecule has 2 aliphatic rings. The number of aliphatic imine (C=N–C) groups is 1. The molecule has 1 aliphatic heterocycles. The van der Waals surface area contributed by atoms with Gasteiger partial charge in [0.2, 0.25) is 0 Å². The number of halogens is 1. The first-order chi connectivity index (χ1) is 14.0. The second kappa shape index (κ2) is 7.93. The predicted molar refractivity (Wildman–Crippen MR) is 109 cm³/mol. The molecule has 1 aromatic heterocycles. The zero-order valence-electron chi connectivity index (χ0n) is 15.5. The number of fused-ring (bicyclic) bond motifs is 1. The van der Waals surface area contributed by atoms with Crippen LogP contribution in [0.25, 0.3) is 6.08 Å². The fraction of sp³-hybridized carbons (Fsp3) is 0.136. The number of ether oxygens (including phenoxy) is 1. The van der Waals surface area contributed by atoms with Crippen molar-refractivity contribution in [2.75, 3.05) is 0 Å². The Balaban J connectivity index is 1.48. The predicted octanol–water partition coefficient (Wildman–Crippen LogP) is 3.76. The van der Waals surface area contributed by atoms with Crippen LogP contribution in [0.4, 0.5) is 0 Å². The van der Waals surface area contributed by atoms with E-state index in [0.717, 1.165) is 11.3 Å². The quantitative estimate of drug-likeness (QED) is 0.781. The lowest BCUT2D eigenvalue weighted by molar-refractivity contribution is -0.119. The van der Waals surface area contributed by atoms with Gasteiger partial charge >= 0.3 is 5.91 Å². The summed E-state index contributed by atoms with van der Waals surface area (Å²) in [5.74, 6) is 0.777. The second-order valence-electron chi connectivity index (χ2n) is 6.60. The lowest BCUT2D eigenvalue weighted by atomic mass is 10.0. The monoisotopic (exact) mass is 408 g/mol. The summed E-state index contributed by atoms with van der Waals surface area (Å²) < 4.78 is 11.2. The van der Waals surface area contributed by atoms with Crippen LogP contribution in [0, 0.1) is 6.92 Å². The molecule has 1 unspecified atom stereocenters. The first kappa shape index (κ1) is 19.0. The summed E-state index contributed by atoms with van der Waals surface area (Å²) in [5, 5.41) is 3.34. The number of benzene rings is 1. The third-order valence-corrected chi connectivity index (χ3v) is 4.60. The Hall–Kier alpha value is -3.38. The first-order valence-corrected chi connectivity index (χ1v) is 9.36. The van der Waals surface area contributed by atoms with E-state index in [9.17, 15) is 9.59 Å². The molecule has 1 N–H and O–H groups in total. The Labute approximate surface area is 172 Å². The average molecular weight is 409 g/mol. The molecule has 29 heavy (non-hydrogen) atoms. The van der Waals surface area contributed by atoms with E-state index < -0.39 is 12.0 Å². The second-order valence-corrected chi connectivity index (χ2v) is 7.03. The van der Waals surface area contributed by atoms with E-state index in [1.807, 2.05) is 25.1 Å². The van der Waals surface area contributed by atoms with Gasteiger partial charge in [0.1, 0.15) is 11.5 Å². The molecular formula is C22H17ClN2O4. The standard InChI is InChI=1S/C22H17ClN2O4/c1-13-5-7-17(28-13)12-24-21(26)15-6-8-19-18(11-15)25-22(27)20(29-19)10-14-3-2-4-16(23)9-14/h2-11,19H,12H2,1H3,(H,24,26)/b20-10-. The van der Waals surface area contributed by atoms with Crippen molar-refractivity contribution in [3.8, 4) is 0 Å². The molecule has 146 valence electrons. The summed E-state index contributed by atoms with van der Waals surface area (Å²) in [6, 6.07) is 10.7. The fourth-order valence-corrected chi connectivity index (χ4v) is 3.17. The van der Waals surface area contributed by atoms with E-state index in [2.05, 4.69) is 10.3 Å². The molecule has 2 heterocycles. The van der Waals surface area contributed by atoms with Gasteiger partial charge in [0.25, 0.3) is 5.91 Å². The van der Waals surface area contributed by atoms with Gasteiger partial charge < -0.3 is 14.5 Å². The largest absolute Gasteiger partial charge is 0.474 e. The molecule has 2 amide bonds. The zero-order chi connectivity index (χ0) is 20.4. The van der Waals surface area contributed by atoms with Crippen LogP contribution in [0.15, 0.2) is 75.4 Å². The number of carbonyl (C=O) groups is 2. The van der Waals surface area contributed by atoms with E-state index >= 15 is 0 Å². The van der Waals surface area contributed by atoms with Gasteiger partial charge in [-0.2, -0.15) is 0 Å². The Morgan fingerprint density at radius 3 is 2.93 bits per heavy atom. The summed E-state index contributed by atoms with van der Waals surface area (Å²) in [6.45, 7) is 2.11. The van der Waals surface area contributed by atoms with Crippen molar-refractivity contribution in [1.29, 1.82) is 0 Å². The summed E-state index contributed by atoms with van der Waals surface area (Å²) >= 11 is 5.98. The van der Waals surface area contributed by atoms with Crippen LogP contribution in [0.2, 0.25) is 5.02 Å². The Morgan fingerprint density at radius 1 is 1.31 bits per heavy atom. The van der Waals surface area contributed by atoms with Crippen molar-refractivity contribution in [3.63, 3.8) is 0 Å². The molecule has 7 heteroatoms. The number of nitrogens with one attached hydrogen (secondary N) is 1. The van der Waals surface area contributed by atoms with Crippen LogP contribution < -0.4 is 5.32 Å². The number of aryl methyl sites for hydroxylation is 1. The fourth-order valence-electron chi connectivity index (χ4n) is 2.97. The average Bonchev–Trinajstić information content (AvgIpc) is 3.11. The smallest absolute Gasteiger partial charge is 0.312 e. The van der Waals surface area contributed by atoms with Gasteiger partial charge in [-0.15, -0.1) is 0 Å². The highest BCUT2D eigenvalue weighted by Gasteiger charge is 2.29. The molecule has 0 saturated heterocycles. The molecule has 0 spiro atoms. The number of hydrogen-bond donors (Lipinski definition) is 1. The van der Waals surface area contributed by atoms with E-state index in [-0.39, 0.29) is 18.2 Å². The first-order valence-electron chi connectivity index (χ1n) is 8.98. The summed E-state index contributed by atoms with van der Waals surface area (Å²) in [6.07, 6.45) is 5.98. The van der Waals surface area contributed by atoms with E-state index in [1.165, 1.54) is 0 Å². The van der Waals surface area contributed by atoms with Gasteiger partial charge in [-0.25, -0.2) is 4.99 Å².